The molecule has 0 aromatic carbocycles. The molecule has 2 aliphatic rings. The van der Waals surface area contributed by atoms with Gasteiger partial charge in [0.05, 0.1) is 5.25 Å². The molecule has 2 aliphatic carbocycles. The average Bonchev–Trinajstić information content (AvgIpc) is 3.12. The maximum Gasteiger partial charge on any atom is 0.214 e. The third-order valence-corrected chi connectivity index (χ3v) is 6.89. The fraction of sp³-hybridized carbons (Fsp3) is 1.00. The second-order valence-corrected chi connectivity index (χ2v) is 7.87. The first-order chi connectivity index (χ1) is 7.58. The van der Waals surface area contributed by atoms with Gasteiger partial charge in [-0.05, 0) is 31.1 Å². The van der Waals surface area contributed by atoms with Crippen molar-refractivity contribution in [1.82, 2.24) is 4.72 Å². The van der Waals surface area contributed by atoms with E-state index in [0.717, 1.165) is 31.0 Å². The van der Waals surface area contributed by atoms with E-state index in [2.05, 4.69) is 20.7 Å². The third kappa shape index (κ3) is 2.99. The van der Waals surface area contributed by atoms with E-state index >= 15 is 0 Å². The summed E-state index contributed by atoms with van der Waals surface area (Å²) in [5, 5.41) is 0.816. The zero-order valence-electron chi connectivity index (χ0n) is 9.54. The number of hydrogen-bond acceptors (Lipinski definition) is 2. The lowest BCUT2D eigenvalue weighted by Crippen LogP contribution is -2.41. The van der Waals surface area contributed by atoms with Crippen molar-refractivity contribution in [3.8, 4) is 0 Å². The van der Waals surface area contributed by atoms with Gasteiger partial charge in [-0.1, -0.05) is 35.2 Å². The Morgan fingerprint density at radius 2 is 1.81 bits per heavy atom. The van der Waals surface area contributed by atoms with Crippen molar-refractivity contribution in [2.24, 2.45) is 5.41 Å². The van der Waals surface area contributed by atoms with Gasteiger partial charge in [-0.25, -0.2) is 13.1 Å². The van der Waals surface area contributed by atoms with Gasteiger partial charge in [-0.2, -0.15) is 0 Å². The Kier molecular flexibility index (Phi) is 3.97. The highest BCUT2D eigenvalue weighted by Crippen LogP contribution is 2.38. The van der Waals surface area contributed by atoms with Crippen molar-refractivity contribution in [2.75, 3.05) is 11.9 Å². The summed E-state index contributed by atoms with van der Waals surface area (Å²) in [4.78, 5) is 0. The first kappa shape index (κ1) is 12.8. The van der Waals surface area contributed by atoms with E-state index < -0.39 is 10.0 Å². The summed E-state index contributed by atoms with van der Waals surface area (Å²) in [5.41, 5.74) is 0.167. The van der Waals surface area contributed by atoms with E-state index in [4.69, 9.17) is 0 Å². The molecule has 0 heterocycles. The Morgan fingerprint density at radius 1 is 1.19 bits per heavy atom. The Hall–Kier alpha value is 0.390. The molecule has 0 amide bonds. The zero-order chi connectivity index (χ0) is 11.6. The maximum atomic E-state index is 11.8. The van der Waals surface area contributed by atoms with Gasteiger partial charge < -0.3 is 0 Å². The zero-order valence-corrected chi connectivity index (χ0v) is 11.9. The Labute approximate surface area is 107 Å². The summed E-state index contributed by atoms with van der Waals surface area (Å²) in [5.74, 6) is 0. The van der Waals surface area contributed by atoms with E-state index in [1.54, 1.807) is 0 Å². The molecule has 0 atom stereocenters. The Bertz CT molecular complexity index is 332. The van der Waals surface area contributed by atoms with Crippen LogP contribution in [-0.2, 0) is 10.0 Å². The average molecular weight is 310 g/mol. The highest BCUT2D eigenvalue weighted by molar-refractivity contribution is 9.09. The van der Waals surface area contributed by atoms with E-state index in [9.17, 15) is 8.42 Å². The molecule has 0 aromatic heterocycles. The van der Waals surface area contributed by atoms with Crippen LogP contribution in [0.2, 0.25) is 0 Å². The molecule has 2 saturated carbocycles. The van der Waals surface area contributed by atoms with Crippen LogP contribution >= 0.6 is 15.9 Å². The van der Waals surface area contributed by atoms with Crippen LogP contribution < -0.4 is 4.72 Å². The number of sulfonamides is 1. The largest absolute Gasteiger partial charge is 0.214 e. The molecular weight excluding hydrogens is 290 g/mol. The van der Waals surface area contributed by atoms with Gasteiger partial charge in [0.25, 0.3) is 0 Å². The van der Waals surface area contributed by atoms with Gasteiger partial charge in [-0.3, -0.25) is 0 Å². The first-order valence-corrected chi connectivity index (χ1v) is 8.79. The van der Waals surface area contributed by atoms with Crippen molar-refractivity contribution in [2.45, 2.75) is 50.2 Å². The quantitative estimate of drug-likeness (QED) is 0.793. The lowest BCUT2D eigenvalue weighted by atomic mass is 9.76. The van der Waals surface area contributed by atoms with Crippen LogP contribution in [0.4, 0.5) is 0 Å². The van der Waals surface area contributed by atoms with Crippen molar-refractivity contribution >= 4 is 26.0 Å². The Morgan fingerprint density at radius 3 is 2.31 bits per heavy atom. The van der Waals surface area contributed by atoms with Crippen LogP contribution in [0.5, 0.6) is 0 Å². The van der Waals surface area contributed by atoms with E-state index in [1.807, 2.05) is 0 Å². The van der Waals surface area contributed by atoms with Gasteiger partial charge in [0.2, 0.25) is 10.0 Å². The van der Waals surface area contributed by atoms with Gasteiger partial charge in [0, 0.05) is 11.9 Å². The molecule has 16 heavy (non-hydrogen) atoms. The van der Waals surface area contributed by atoms with Gasteiger partial charge >= 0.3 is 0 Å². The smallest absolute Gasteiger partial charge is 0.214 e. The molecule has 5 heteroatoms. The fourth-order valence-electron chi connectivity index (χ4n) is 2.41. The molecule has 0 unspecified atom stereocenters. The van der Waals surface area contributed by atoms with Crippen LogP contribution in [0.1, 0.15) is 44.9 Å². The van der Waals surface area contributed by atoms with Crippen molar-refractivity contribution in [3.63, 3.8) is 0 Å². The standard InChI is InChI=1S/C11H20BrNO2S/c12-8-11(6-2-1-3-7-11)9-13-16(14,15)10-4-5-10/h10,13H,1-9H2. The summed E-state index contributed by atoms with van der Waals surface area (Å²) in [6, 6.07) is 0. The predicted molar refractivity (Wildman–Crippen MR) is 69.3 cm³/mol. The highest BCUT2D eigenvalue weighted by atomic mass is 79.9. The molecule has 0 spiro atoms. The summed E-state index contributed by atoms with van der Waals surface area (Å²) in [6.07, 6.45) is 7.74. The van der Waals surface area contributed by atoms with Crippen LogP contribution in [0.3, 0.4) is 0 Å². The minimum Gasteiger partial charge on any atom is -0.214 e. The lowest BCUT2D eigenvalue weighted by molar-refractivity contribution is 0.227. The molecule has 3 nitrogen and oxygen atoms in total. The topological polar surface area (TPSA) is 46.2 Å². The van der Waals surface area contributed by atoms with Gasteiger partial charge in [-0.15, -0.1) is 0 Å². The van der Waals surface area contributed by atoms with Crippen molar-refractivity contribution < 1.29 is 8.42 Å². The molecule has 0 saturated heterocycles. The molecule has 2 rings (SSSR count). The number of rotatable bonds is 5. The molecule has 0 aromatic rings. The van der Waals surface area contributed by atoms with E-state index in [0.29, 0.717) is 6.54 Å². The molecule has 0 bridgehead atoms. The molecule has 0 radical (unpaired) electrons. The number of alkyl halides is 1. The monoisotopic (exact) mass is 309 g/mol. The second-order valence-electron chi connectivity index (χ2n) is 5.26. The molecule has 0 aliphatic heterocycles. The SMILES string of the molecule is O=S(=O)(NCC1(CBr)CCCCC1)C1CC1. The molecule has 1 N–H and O–H groups in total. The maximum absolute atomic E-state index is 11.8. The second kappa shape index (κ2) is 4.94. The van der Waals surface area contributed by atoms with Crippen LogP contribution in [-0.4, -0.2) is 25.5 Å². The molecular formula is C11H20BrNO2S. The lowest BCUT2D eigenvalue weighted by Gasteiger charge is -2.35. The number of hydrogen-bond donors (Lipinski definition) is 1. The summed E-state index contributed by atoms with van der Waals surface area (Å²) >= 11 is 3.55. The van der Waals surface area contributed by atoms with E-state index in [-0.39, 0.29) is 10.7 Å². The first-order valence-electron chi connectivity index (χ1n) is 6.12. The van der Waals surface area contributed by atoms with Gasteiger partial charge in [0.1, 0.15) is 0 Å². The Balaban J connectivity index is 1.91. The summed E-state index contributed by atoms with van der Waals surface area (Å²) in [6.45, 7) is 0.622. The van der Waals surface area contributed by atoms with E-state index in [1.165, 1.54) is 19.3 Å². The number of halogens is 1. The summed E-state index contributed by atoms with van der Waals surface area (Å²) in [7, 11) is -3.01. The normalized spacial score (nSPS) is 25.6. The minimum atomic E-state index is -3.01. The predicted octanol–water partition coefficient (Wildman–Crippen LogP) is 2.41. The minimum absolute atomic E-state index is 0.0940. The van der Waals surface area contributed by atoms with Crippen LogP contribution in [0.15, 0.2) is 0 Å². The highest BCUT2D eigenvalue weighted by Gasteiger charge is 2.38. The third-order valence-electron chi connectivity index (χ3n) is 3.81. The van der Waals surface area contributed by atoms with Gasteiger partial charge in [0.15, 0.2) is 0 Å². The molecule has 2 fully saturated rings. The fourth-order valence-corrected chi connectivity index (χ4v) is 4.67. The van der Waals surface area contributed by atoms with Crippen molar-refractivity contribution in [1.29, 1.82) is 0 Å². The van der Waals surface area contributed by atoms with Crippen LogP contribution in [0, 0.1) is 5.41 Å². The van der Waals surface area contributed by atoms with Crippen LogP contribution in [0.25, 0.3) is 0 Å². The summed E-state index contributed by atoms with van der Waals surface area (Å²) < 4.78 is 26.4. The number of nitrogens with one attached hydrogen (secondary N) is 1. The van der Waals surface area contributed by atoms with Crippen molar-refractivity contribution in [3.05, 3.63) is 0 Å². The molecule has 94 valence electrons.